The highest BCUT2D eigenvalue weighted by Crippen LogP contribution is 2.37. The molecule has 3 aromatic rings. The van der Waals surface area contributed by atoms with E-state index in [1.807, 2.05) is 4.57 Å². The van der Waals surface area contributed by atoms with Crippen molar-refractivity contribution in [3.05, 3.63) is 45.0 Å². The van der Waals surface area contributed by atoms with Gasteiger partial charge in [-0.25, -0.2) is 9.78 Å². The fourth-order valence-corrected chi connectivity index (χ4v) is 6.87. The SMILES string of the molecule is O=C(CSc1nc2sc3c(c2c(=O)n1C1CCCC1)CCCC3)NC(=O)NCc1ccco1. The summed E-state index contributed by atoms with van der Waals surface area (Å²) in [6, 6.07) is 3.01. The maximum absolute atomic E-state index is 13.6. The maximum Gasteiger partial charge on any atom is 0.321 e. The van der Waals surface area contributed by atoms with E-state index in [0.717, 1.165) is 61.6 Å². The first kappa shape index (κ1) is 22.2. The molecule has 1 fully saturated rings. The molecule has 1 saturated carbocycles. The van der Waals surface area contributed by atoms with E-state index in [0.29, 0.717) is 10.9 Å². The molecule has 0 radical (unpaired) electrons. The van der Waals surface area contributed by atoms with Crippen LogP contribution in [-0.2, 0) is 24.2 Å². The van der Waals surface area contributed by atoms with Crippen LogP contribution in [-0.4, -0.2) is 27.2 Å². The lowest BCUT2D eigenvalue weighted by Crippen LogP contribution is -2.40. The number of rotatable bonds is 6. The van der Waals surface area contributed by atoms with Crippen molar-refractivity contribution in [2.24, 2.45) is 0 Å². The molecule has 0 unspecified atom stereocenters. The molecule has 0 aliphatic heterocycles. The van der Waals surface area contributed by atoms with E-state index in [2.05, 4.69) is 10.6 Å². The summed E-state index contributed by atoms with van der Waals surface area (Å²) in [6.07, 6.45) is 9.84. The summed E-state index contributed by atoms with van der Waals surface area (Å²) in [4.78, 5) is 45.0. The quantitative estimate of drug-likeness (QED) is 0.400. The van der Waals surface area contributed by atoms with Crippen LogP contribution in [0.5, 0.6) is 0 Å². The number of imide groups is 1. The van der Waals surface area contributed by atoms with E-state index < -0.39 is 11.9 Å². The van der Waals surface area contributed by atoms with Crippen LogP contribution >= 0.6 is 23.1 Å². The summed E-state index contributed by atoms with van der Waals surface area (Å²) in [5, 5.41) is 6.28. The Hall–Kier alpha value is -2.59. The summed E-state index contributed by atoms with van der Waals surface area (Å²) < 4.78 is 6.99. The fraction of sp³-hybridized carbons (Fsp3) is 0.478. The van der Waals surface area contributed by atoms with E-state index in [-0.39, 0.29) is 23.9 Å². The number of aromatic nitrogens is 2. The number of carbonyl (C=O) groups is 2. The van der Waals surface area contributed by atoms with Gasteiger partial charge in [-0.3, -0.25) is 19.5 Å². The Morgan fingerprint density at radius 2 is 2.03 bits per heavy atom. The van der Waals surface area contributed by atoms with E-state index in [1.54, 1.807) is 23.5 Å². The van der Waals surface area contributed by atoms with Crippen LogP contribution in [0.4, 0.5) is 4.79 Å². The largest absolute Gasteiger partial charge is 0.467 e. The fourth-order valence-electron chi connectivity index (χ4n) is 4.70. The van der Waals surface area contributed by atoms with Crippen LogP contribution in [0.15, 0.2) is 32.8 Å². The minimum Gasteiger partial charge on any atom is -0.467 e. The van der Waals surface area contributed by atoms with Crippen molar-refractivity contribution in [2.75, 3.05) is 5.75 Å². The summed E-state index contributed by atoms with van der Waals surface area (Å²) in [5.74, 6) is 0.169. The molecular formula is C23H26N4O4S2. The predicted octanol–water partition coefficient (Wildman–Crippen LogP) is 4.16. The summed E-state index contributed by atoms with van der Waals surface area (Å²) >= 11 is 2.84. The van der Waals surface area contributed by atoms with Crippen molar-refractivity contribution in [1.29, 1.82) is 0 Å². The Morgan fingerprint density at radius 3 is 2.82 bits per heavy atom. The first-order valence-electron chi connectivity index (χ1n) is 11.4. The number of thiophene rings is 1. The van der Waals surface area contributed by atoms with E-state index in [9.17, 15) is 14.4 Å². The van der Waals surface area contributed by atoms with Crippen LogP contribution in [0.25, 0.3) is 10.2 Å². The van der Waals surface area contributed by atoms with E-state index in [1.165, 1.54) is 28.5 Å². The monoisotopic (exact) mass is 486 g/mol. The highest BCUT2D eigenvalue weighted by atomic mass is 32.2. The summed E-state index contributed by atoms with van der Waals surface area (Å²) in [6.45, 7) is 0.196. The number of furan rings is 1. The smallest absolute Gasteiger partial charge is 0.321 e. The Balaban J connectivity index is 1.33. The molecule has 2 aliphatic carbocycles. The van der Waals surface area contributed by atoms with Gasteiger partial charge in [-0.2, -0.15) is 0 Å². The van der Waals surface area contributed by atoms with Crippen molar-refractivity contribution in [1.82, 2.24) is 20.2 Å². The number of hydrogen-bond acceptors (Lipinski definition) is 7. The van der Waals surface area contributed by atoms with Crippen LogP contribution in [0.1, 0.15) is 60.8 Å². The van der Waals surface area contributed by atoms with Gasteiger partial charge in [-0.15, -0.1) is 11.3 Å². The van der Waals surface area contributed by atoms with Crippen molar-refractivity contribution >= 4 is 45.3 Å². The zero-order chi connectivity index (χ0) is 22.8. The zero-order valence-electron chi connectivity index (χ0n) is 18.2. The topological polar surface area (TPSA) is 106 Å². The lowest BCUT2D eigenvalue weighted by atomic mass is 9.97. The van der Waals surface area contributed by atoms with E-state index in [4.69, 9.17) is 9.40 Å². The number of fused-ring (bicyclic) bond motifs is 3. The molecule has 3 amide bonds. The highest BCUT2D eigenvalue weighted by molar-refractivity contribution is 7.99. The van der Waals surface area contributed by atoms with Crippen LogP contribution < -0.4 is 16.2 Å². The van der Waals surface area contributed by atoms with Crippen LogP contribution in [0.3, 0.4) is 0 Å². The van der Waals surface area contributed by atoms with Crippen LogP contribution in [0, 0.1) is 0 Å². The van der Waals surface area contributed by atoms with Gasteiger partial charge in [0.05, 0.1) is 23.9 Å². The number of nitrogens with zero attached hydrogens (tertiary/aromatic N) is 2. The Labute approximate surface area is 199 Å². The van der Waals surface area contributed by atoms with Gasteiger partial charge in [0, 0.05) is 10.9 Å². The molecule has 3 heterocycles. The first-order chi connectivity index (χ1) is 16.1. The average Bonchev–Trinajstić information content (AvgIpc) is 3.57. The third-order valence-electron chi connectivity index (χ3n) is 6.27. The van der Waals surface area contributed by atoms with Gasteiger partial charge < -0.3 is 9.73 Å². The van der Waals surface area contributed by atoms with Crippen LogP contribution in [0.2, 0.25) is 0 Å². The van der Waals surface area contributed by atoms with Gasteiger partial charge in [0.2, 0.25) is 5.91 Å². The van der Waals surface area contributed by atoms with Gasteiger partial charge in [0.1, 0.15) is 10.6 Å². The number of aryl methyl sites for hydroxylation is 2. The lowest BCUT2D eigenvalue weighted by Gasteiger charge is -2.18. The summed E-state index contributed by atoms with van der Waals surface area (Å²) in [7, 11) is 0. The molecule has 0 aromatic carbocycles. The van der Waals surface area contributed by atoms with Crippen molar-refractivity contribution < 1.29 is 14.0 Å². The third kappa shape index (κ3) is 4.72. The molecule has 33 heavy (non-hydrogen) atoms. The predicted molar refractivity (Wildman–Crippen MR) is 128 cm³/mol. The van der Waals surface area contributed by atoms with Gasteiger partial charge in [-0.1, -0.05) is 24.6 Å². The molecule has 8 nitrogen and oxygen atoms in total. The van der Waals surface area contributed by atoms with E-state index >= 15 is 0 Å². The number of thioether (sulfide) groups is 1. The second-order valence-corrected chi connectivity index (χ2v) is 10.5. The second-order valence-electron chi connectivity index (χ2n) is 8.50. The number of amides is 3. The first-order valence-corrected chi connectivity index (χ1v) is 13.2. The minimum absolute atomic E-state index is 0.00390. The molecular weight excluding hydrogens is 460 g/mol. The molecule has 0 spiro atoms. The highest BCUT2D eigenvalue weighted by Gasteiger charge is 2.27. The molecule has 10 heteroatoms. The Morgan fingerprint density at radius 1 is 1.21 bits per heavy atom. The Bertz CT molecular complexity index is 1230. The minimum atomic E-state index is -0.584. The zero-order valence-corrected chi connectivity index (χ0v) is 19.9. The lowest BCUT2D eigenvalue weighted by molar-refractivity contribution is -0.117. The Kier molecular flexibility index (Phi) is 6.55. The third-order valence-corrected chi connectivity index (χ3v) is 8.41. The molecule has 2 aliphatic rings. The average molecular weight is 487 g/mol. The van der Waals surface area contributed by atoms with Crippen molar-refractivity contribution in [3.8, 4) is 0 Å². The standard InChI is InChI=1S/C23H26N4O4S2/c28-18(25-22(30)24-12-15-8-5-11-31-15)13-32-23-26-20-19(16-9-3-4-10-17(16)33-20)21(29)27(23)14-6-1-2-7-14/h5,8,11,14H,1-4,6-7,9-10,12-13H2,(H2,24,25,28,30). The second kappa shape index (κ2) is 9.72. The molecule has 174 valence electrons. The molecule has 2 N–H and O–H groups in total. The molecule has 3 aromatic heterocycles. The number of carbonyl (C=O) groups excluding carboxylic acids is 2. The molecule has 0 saturated heterocycles. The number of hydrogen-bond donors (Lipinski definition) is 2. The summed E-state index contributed by atoms with van der Waals surface area (Å²) in [5.41, 5.74) is 1.22. The molecule has 5 rings (SSSR count). The maximum atomic E-state index is 13.6. The van der Waals surface area contributed by atoms with Gasteiger partial charge in [0.15, 0.2) is 5.16 Å². The van der Waals surface area contributed by atoms with Gasteiger partial charge in [-0.05, 0) is 56.2 Å². The molecule has 0 atom stereocenters. The van der Waals surface area contributed by atoms with Crippen molar-refractivity contribution in [3.63, 3.8) is 0 Å². The number of nitrogens with one attached hydrogen (secondary N) is 2. The van der Waals surface area contributed by atoms with Gasteiger partial charge in [0.25, 0.3) is 5.56 Å². The van der Waals surface area contributed by atoms with Crippen molar-refractivity contribution in [2.45, 2.75) is 69.1 Å². The number of urea groups is 1. The normalized spacial score (nSPS) is 16.1. The van der Waals surface area contributed by atoms with Gasteiger partial charge >= 0.3 is 6.03 Å². The molecule has 0 bridgehead atoms.